The summed E-state index contributed by atoms with van der Waals surface area (Å²) in [6.07, 6.45) is 4.04. The number of hydrogen-bond acceptors (Lipinski definition) is 1. The zero-order chi connectivity index (χ0) is 20.8. The Morgan fingerprint density at radius 2 is 1.62 bits per heavy atom. The van der Waals surface area contributed by atoms with Crippen LogP contribution in [0.25, 0.3) is 0 Å². The van der Waals surface area contributed by atoms with Crippen molar-refractivity contribution >= 4 is 0 Å². The highest BCUT2D eigenvalue weighted by molar-refractivity contribution is 5.11. The van der Waals surface area contributed by atoms with Crippen LogP contribution in [-0.2, 0) is 4.74 Å². The summed E-state index contributed by atoms with van der Waals surface area (Å²) in [4.78, 5) is 0. The number of rotatable bonds is 2. The van der Waals surface area contributed by atoms with E-state index in [4.69, 9.17) is 4.74 Å². The third-order valence-electron chi connectivity index (χ3n) is 11.1. The number of fused-ring (bicyclic) bond motifs is 5. The molecule has 7 unspecified atom stereocenters. The Kier molecular flexibility index (Phi) is 4.72. The van der Waals surface area contributed by atoms with Crippen molar-refractivity contribution in [3.8, 4) is 0 Å². The lowest BCUT2D eigenvalue weighted by atomic mass is 9.44. The molecule has 29 heavy (non-hydrogen) atoms. The van der Waals surface area contributed by atoms with Crippen LogP contribution in [0.1, 0.15) is 79.1 Å². The average molecular weight is 413 g/mol. The van der Waals surface area contributed by atoms with Crippen molar-refractivity contribution in [1.82, 2.24) is 0 Å². The number of halogens is 3. The smallest absolute Gasteiger partial charge is 0.373 e. The molecule has 0 aromatic heterocycles. The van der Waals surface area contributed by atoms with Crippen molar-refractivity contribution in [3.63, 3.8) is 0 Å². The van der Waals surface area contributed by atoms with Gasteiger partial charge in [0.1, 0.15) is 0 Å². The monoisotopic (exact) mass is 412 g/mol. The van der Waals surface area contributed by atoms with Gasteiger partial charge in [0.05, 0.1) is 18.6 Å². The van der Waals surface area contributed by atoms with Gasteiger partial charge in [-0.05, 0) is 104 Å². The zero-order valence-electron chi connectivity index (χ0n) is 18.6. The maximum absolute atomic E-state index is 13.4. The summed E-state index contributed by atoms with van der Waals surface area (Å²) < 4.78 is 45.9. The molecule has 0 bridgehead atoms. The molecule has 1 nitrogen and oxygen atoms in total. The van der Waals surface area contributed by atoms with Gasteiger partial charge < -0.3 is 4.74 Å². The van der Waals surface area contributed by atoms with Crippen LogP contribution in [-0.4, -0.2) is 18.9 Å². The van der Waals surface area contributed by atoms with Gasteiger partial charge in [-0.1, -0.05) is 27.7 Å². The van der Waals surface area contributed by atoms with Crippen LogP contribution in [0.2, 0.25) is 0 Å². The molecule has 4 heteroatoms. The second kappa shape index (κ2) is 6.62. The van der Waals surface area contributed by atoms with Crippen LogP contribution in [0, 0.1) is 58.2 Å². The maximum atomic E-state index is 13.4. The largest absolute Gasteiger partial charge is 0.391 e. The van der Waals surface area contributed by atoms with Crippen LogP contribution >= 0.6 is 0 Å². The van der Waals surface area contributed by atoms with Gasteiger partial charge in [0.25, 0.3) is 0 Å². The topological polar surface area (TPSA) is 12.5 Å². The second-order valence-electron chi connectivity index (χ2n) is 12.2. The van der Waals surface area contributed by atoms with E-state index in [0.717, 1.165) is 43.1 Å². The summed E-state index contributed by atoms with van der Waals surface area (Å²) in [7, 11) is 0. The van der Waals surface area contributed by atoms with Crippen LogP contribution < -0.4 is 0 Å². The van der Waals surface area contributed by atoms with Crippen molar-refractivity contribution in [2.24, 2.45) is 58.2 Å². The van der Waals surface area contributed by atoms with Crippen LogP contribution in [0.4, 0.5) is 13.2 Å². The number of hydrogen-bond donors (Lipinski definition) is 0. The first kappa shape index (κ1) is 20.6. The van der Waals surface area contributed by atoms with E-state index in [2.05, 4.69) is 27.7 Å². The molecule has 1 heterocycles. The maximum Gasteiger partial charge on any atom is 0.391 e. The highest BCUT2D eigenvalue weighted by Crippen LogP contribution is 2.70. The predicted molar refractivity (Wildman–Crippen MR) is 108 cm³/mol. The SMILES string of the molecule is CC(C1CO1)C1[C@H](C)CC2[C@@H]3CC[C@@H]4CC(C(F)(F)F)CC[C@]4(C)C3CCC21C. The normalized spacial score (nSPS) is 55.6. The van der Waals surface area contributed by atoms with E-state index in [-0.39, 0.29) is 11.3 Å². The Labute approximate surface area is 174 Å². The first-order chi connectivity index (χ1) is 13.6. The molecule has 0 aromatic carbocycles. The third-order valence-corrected chi connectivity index (χ3v) is 11.1. The summed E-state index contributed by atoms with van der Waals surface area (Å²) >= 11 is 0. The molecule has 0 N–H and O–H groups in total. The quantitative estimate of drug-likeness (QED) is 0.441. The first-order valence-electron chi connectivity index (χ1n) is 12.2. The zero-order valence-corrected chi connectivity index (χ0v) is 18.6. The second-order valence-corrected chi connectivity index (χ2v) is 12.2. The van der Waals surface area contributed by atoms with Crippen LogP contribution in [0.15, 0.2) is 0 Å². The van der Waals surface area contributed by atoms with E-state index in [1.54, 1.807) is 0 Å². The highest BCUT2D eigenvalue weighted by Gasteiger charge is 2.63. The summed E-state index contributed by atoms with van der Waals surface area (Å²) in [6.45, 7) is 10.8. The molecule has 11 atom stereocenters. The van der Waals surface area contributed by atoms with Gasteiger partial charge in [-0.2, -0.15) is 13.2 Å². The van der Waals surface area contributed by atoms with Crippen LogP contribution in [0.5, 0.6) is 0 Å². The molecule has 5 rings (SSSR count). The molecule has 5 aliphatic rings. The summed E-state index contributed by atoms with van der Waals surface area (Å²) in [5.74, 6) is 3.50. The Hall–Kier alpha value is -0.250. The molecule has 0 radical (unpaired) electrons. The number of epoxide rings is 1. The molecule has 166 valence electrons. The third kappa shape index (κ3) is 3.04. The van der Waals surface area contributed by atoms with Crippen molar-refractivity contribution in [2.75, 3.05) is 6.61 Å². The average Bonchev–Trinajstić information content (AvgIpc) is 3.43. The minimum atomic E-state index is -4.00. The molecule has 0 amide bonds. The van der Waals surface area contributed by atoms with E-state index in [1.807, 2.05) is 0 Å². The van der Waals surface area contributed by atoms with Crippen molar-refractivity contribution in [1.29, 1.82) is 0 Å². The Balaban J connectivity index is 1.38. The van der Waals surface area contributed by atoms with Gasteiger partial charge in [0, 0.05) is 0 Å². The van der Waals surface area contributed by atoms with Gasteiger partial charge in [-0.25, -0.2) is 0 Å². The fourth-order valence-corrected chi connectivity index (χ4v) is 9.67. The molecule has 1 aliphatic heterocycles. The Bertz CT molecular complexity index is 642. The number of ether oxygens (including phenoxy) is 1. The van der Waals surface area contributed by atoms with E-state index < -0.39 is 12.1 Å². The highest BCUT2D eigenvalue weighted by atomic mass is 19.4. The predicted octanol–water partition coefficient (Wildman–Crippen LogP) is 7.10. The lowest BCUT2D eigenvalue weighted by Crippen LogP contribution is -2.54. The minimum Gasteiger partial charge on any atom is -0.373 e. The first-order valence-corrected chi connectivity index (χ1v) is 12.2. The molecule has 0 spiro atoms. The lowest BCUT2D eigenvalue weighted by molar-refractivity contribution is -0.208. The lowest BCUT2D eigenvalue weighted by Gasteiger charge is -2.61. The van der Waals surface area contributed by atoms with Crippen molar-refractivity contribution < 1.29 is 17.9 Å². The fraction of sp³-hybridized carbons (Fsp3) is 1.00. The molecular weight excluding hydrogens is 373 g/mol. The standard InChI is InChI=1S/C25H39F3O/c1-14-11-20-18-6-5-16-12-17(25(26,27)28)7-9-23(16,3)19(18)8-10-24(20,4)22(14)15(2)21-13-29-21/h14-22H,5-13H2,1-4H3/t14-,15?,16-,17?,18-,19?,20?,21?,22?,23+,24?/m1/s1. The summed E-state index contributed by atoms with van der Waals surface area (Å²) in [6, 6.07) is 0. The molecule has 5 fully saturated rings. The van der Waals surface area contributed by atoms with E-state index in [1.165, 1.54) is 25.7 Å². The van der Waals surface area contributed by atoms with Gasteiger partial charge in [0.15, 0.2) is 0 Å². The summed E-state index contributed by atoms with van der Waals surface area (Å²) in [5.41, 5.74) is 0.539. The molecule has 1 saturated heterocycles. The minimum absolute atomic E-state index is 0.137. The van der Waals surface area contributed by atoms with Gasteiger partial charge in [0.2, 0.25) is 0 Å². The van der Waals surface area contributed by atoms with E-state index in [9.17, 15) is 13.2 Å². The van der Waals surface area contributed by atoms with Crippen molar-refractivity contribution in [2.45, 2.75) is 91.3 Å². The van der Waals surface area contributed by atoms with Gasteiger partial charge >= 0.3 is 6.18 Å². The molecule has 0 aromatic rings. The Morgan fingerprint density at radius 3 is 2.28 bits per heavy atom. The van der Waals surface area contributed by atoms with Crippen LogP contribution in [0.3, 0.4) is 0 Å². The molecular formula is C25H39F3O. The van der Waals surface area contributed by atoms with E-state index in [0.29, 0.717) is 36.2 Å². The Morgan fingerprint density at radius 1 is 0.931 bits per heavy atom. The number of alkyl halides is 3. The fourth-order valence-electron chi connectivity index (χ4n) is 9.67. The van der Waals surface area contributed by atoms with Gasteiger partial charge in [-0.3, -0.25) is 0 Å². The van der Waals surface area contributed by atoms with Crippen molar-refractivity contribution in [3.05, 3.63) is 0 Å². The summed E-state index contributed by atoms with van der Waals surface area (Å²) in [5, 5.41) is 0. The van der Waals surface area contributed by atoms with Gasteiger partial charge in [-0.15, -0.1) is 0 Å². The molecule has 4 saturated carbocycles. The van der Waals surface area contributed by atoms with E-state index >= 15 is 0 Å². The molecule has 4 aliphatic carbocycles.